The van der Waals surface area contributed by atoms with Crippen LogP contribution in [0.2, 0.25) is 0 Å². The number of aromatic amines is 1. The fourth-order valence-corrected chi connectivity index (χ4v) is 2.85. The lowest BCUT2D eigenvalue weighted by molar-refractivity contribution is -0.117. The summed E-state index contributed by atoms with van der Waals surface area (Å²) in [7, 11) is 0. The first-order valence-electron chi connectivity index (χ1n) is 6.74. The van der Waals surface area contributed by atoms with Gasteiger partial charge in [-0.2, -0.15) is 5.10 Å². The highest BCUT2D eigenvalue weighted by Crippen LogP contribution is 2.57. The zero-order chi connectivity index (χ0) is 14.5. The number of nitrogens with zero attached hydrogens (tertiary/aromatic N) is 1. The molecule has 0 spiro atoms. The molecule has 106 valence electrons. The molecule has 0 radical (unpaired) electrons. The predicted octanol–water partition coefficient (Wildman–Crippen LogP) is 3.77. The van der Waals surface area contributed by atoms with Gasteiger partial charge in [0.2, 0.25) is 0 Å². The number of benzene rings is 1. The van der Waals surface area contributed by atoms with Gasteiger partial charge >= 0.3 is 0 Å². The van der Waals surface area contributed by atoms with Crippen molar-refractivity contribution in [2.75, 3.05) is 0 Å². The minimum atomic E-state index is -2.60. The molecule has 2 aromatic rings. The molecule has 0 saturated heterocycles. The lowest BCUT2D eigenvalue weighted by Crippen LogP contribution is -2.02. The first-order valence-corrected chi connectivity index (χ1v) is 6.74. The Morgan fingerprint density at radius 3 is 2.85 bits per heavy atom. The summed E-state index contributed by atoms with van der Waals surface area (Å²) in [4.78, 5) is 11.3. The zero-order valence-electron chi connectivity index (χ0n) is 11.4. The molecular weight excluding hydrogens is 262 g/mol. The Morgan fingerprint density at radius 1 is 1.55 bits per heavy atom. The molecule has 20 heavy (non-hydrogen) atoms. The van der Waals surface area contributed by atoms with Gasteiger partial charge in [-0.3, -0.25) is 5.10 Å². The van der Waals surface area contributed by atoms with Crippen molar-refractivity contribution >= 4 is 16.7 Å². The van der Waals surface area contributed by atoms with Crippen LogP contribution in [0.25, 0.3) is 10.9 Å². The van der Waals surface area contributed by atoms with E-state index in [9.17, 15) is 13.6 Å². The minimum Gasteiger partial charge on any atom is -0.300 e. The van der Waals surface area contributed by atoms with Gasteiger partial charge in [0, 0.05) is 29.8 Å². The van der Waals surface area contributed by atoms with E-state index in [-0.39, 0.29) is 18.1 Å². The molecule has 0 aliphatic heterocycles. The summed E-state index contributed by atoms with van der Waals surface area (Å²) in [5.74, 6) is -3.29. The third-order valence-corrected chi connectivity index (χ3v) is 3.93. The number of rotatable bonds is 4. The van der Waals surface area contributed by atoms with Gasteiger partial charge in [0.25, 0.3) is 5.92 Å². The highest BCUT2D eigenvalue weighted by molar-refractivity contribution is 5.87. The summed E-state index contributed by atoms with van der Waals surface area (Å²) in [5.41, 5.74) is 2.12. The lowest BCUT2D eigenvalue weighted by Gasteiger charge is -2.10. The van der Waals surface area contributed by atoms with Crippen LogP contribution >= 0.6 is 0 Å². The number of Topliss-reactive ketones (excluding diaryl/α,β-unsaturated/α-hetero) is 1. The van der Waals surface area contributed by atoms with Crippen molar-refractivity contribution in [2.45, 2.75) is 44.4 Å². The van der Waals surface area contributed by atoms with Crippen LogP contribution in [0.3, 0.4) is 0 Å². The van der Waals surface area contributed by atoms with Crippen LogP contribution in [0, 0.1) is 0 Å². The maximum atomic E-state index is 13.4. The molecule has 0 amide bonds. The third kappa shape index (κ3) is 2.11. The fraction of sp³-hybridized carbons (Fsp3) is 0.467. The number of aromatic nitrogens is 2. The van der Waals surface area contributed by atoms with Crippen LogP contribution in [0.5, 0.6) is 0 Å². The zero-order valence-corrected chi connectivity index (χ0v) is 11.4. The van der Waals surface area contributed by atoms with Crippen LogP contribution < -0.4 is 0 Å². The second-order valence-corrected chi connectivity index (χ2v) is 5.70. The Kier molecular flexibility index (Phi) is 2.88. The summed E-state index contributed by atoms with van der Waals surface area (Å²) in [6.45, 7) is 3.45. The number of alkyl halides is 2. The number of hydrogen-bond acceptors (Lipinski definition) is 2. The molecule has 0 bridgehead atoms. The van der Waals surface area contributed by atoms with Gasteiger partial charge in [-0.1, -0.05) is 19.1 Å². The summed E-state index contributed by atoms with van der Waals surface area (Å²) < 4.78 is 26.7. The highest BCUT2D eigenvalue weighted by Gasteiger charge is 2.58. The van der Waals surface area contributed by atoms with Gasteiger partial charge in [0.1, 0.15) is 5.78 Å². The van der Waals surface area contributed by atoms with Gasteiger partial charge < -0.3 is 4.79 Å². The Hall–Kier alpha value is -1.78. The SMILES string of the molecule is CC(=O)CC(C)c1[nH]nc2cccc(C3CC3(F)F)c12. The Morgan fingerprint density at radius 2 is 2.25 bits per heavy atom. The van der Waals surface area contributed by atoms with Crippen molar-refractivity contribution in [2.24, 2.45) is 0 Å². The maximum Gasteiger partial charge on any atom is 0.255 e. The van der Waals surface area contributed by atoms with Crippen molar-refractivity contribution in [1.82, 2.24) is 10.2 Å². The van der Waals surface area contributed by atoms with Crippen LogP contribution in [-0.2, 0) is 4.79 Å². The van der Waals surface area contributed by atoms with E-state index in [1.807, 2.05) is 6.92 Å². The molecule has 3 rings (SSSR count). The number of H-pyrrole nitrogens is 1. The monoisotopic (exact) mass is 278 g/mol. The van der Waals surface area contributed by atoms with Crippen molar-refractivity contribution in [3.8, 4) is 0 Å². The van der Waals surface area contributed by atoms with E-state index in [0.29, 0.717) is 17.5 Å². The van der Waals surface area contributed by atoms with E-state index < -0.39 is 11.8 Å². The van der Waals surface area contributed by atoms with Crippen molar-refractivity contribution in [3.63, 3.8) is 0 Å². The number of halogens is 2. The van der Waals surface area contributed by atoms with Gasteiger partial charge in [-0.05, 0) is 18.6 Å². The van der Waals surface area contributed by atoms with E-state index >= 15 is 0 Å². The van der Waals surface area contributed by atoms with Gasteiger partial charge in [-0.15, -0.1) is 0 Å². The summed E-state index contributed by atoms with van der Waals surface area (Å²) in [6, 6.07) is 5.31. The molecule has 2 unspecified atom stereocenters. The van der Waals surface area contributed by atoms with Crippen LogP contribution in [0.15, 0.2) is 18.2 Å². The second-order valence-electron chi connectivity index (χ2n) is 5.70. The molecule has 2 atom stereocenters. The first-order chi connectivity index (χ1) is 9.40. The number of nitrogens with one attached hydrogen (secondary N) is 1. The molecule has 1 aromatic carbocycles. The van der Waals surface area contributed by atoms with Gasteiger partial charge in [-0.25, -0.2) is 8.78 Å². The fourth-order valence-electron chi connectivity index (χ4n) is 2.85. The number of carbonyl (C=O) groups excluding carboxylic acids is 1. The van der Waals surface area contributed by atoms with Gasteiger partial charge in [0.05, 0.1) is 11.4 Å². The number of hydrogen-bond donors (Lipinski definition) is 1. The van der Waals surface area contributed by atoms with E-state index in [0.717, 1.165) is 11.1 Å². The first kappa shape index (κ1) is 13.2. The average Bonchev–Trinajstić information content (AvgIpc) is 2.82. The quantitative estimate of drug-likeness (QED) is 0.925. The molecule has 1 N–H and O–H groups in total. The molecule has 3 nitrogen and oxygen atoms in total. The van der Waals surface area contributed by atoms with Gasteiger partial charge in [0.15, 0.2) is 0 Å². The Labute approximate surface area is 115 Å². The molecule has 1 aliphatic rings. The smallest absolute Gasteiger partial charge is 0.255 e. The topological polar surface area (TPSA) is 45.8 Å². The molecule has 1 saturated carbocycles. The second kappa shape index (κ2) is 4.36. The normalized spacial score (nSPS) is 21.9. The Bertz CT molecular complexity index is 678. The molecule has 5 heteroatoms. The van der Waals surface area contributed by atoms with Crippen molar-refractivity contribution in [3.05, 3.63) is 29.5 Å². The predicted molar refractivity (Wildman–Crippen MR) is 72.1 cm³/mol. The van der Waals surface area contributed by atoms with Crippen LogP contribution in [0.4, 0.5) is 8.78 Å². The minimum absolute atomic E-state index is 0.0500. The Balaban J connectivity index is 2.08. The van der Waals surface area contributed by atoms with E-state index in [1.165, 1.54) is 6.92 Å². The number of fused-ring (bicyclic) bond motifs is 1. The van der Waals surface area contributed by atoms with Crippen LogP contribution in [-0.4, -0.2) is 21.9 Å². The molecule has 1 heterocycles. The third-order valence-electron chi connectivity index (χ3n) is 3.93. The molecular formula is C15H16F2N2O. The summed E-state index contributed by atoms with van der Waals surface area (Å²) >= 11 is 0. The molecule has 1 fully saturated rings. The molecule has 1 aromatic heterocycles. The van der Waals surface area contributed by atoms with E-state index in [4.69, 9.17) is 0 Å². The molecule has 1 aliphatic carbocycles. The van der Waals surface area contributed by atoms with E-state index in [2.05, 4.69) is 10.2 Å². The van der Waals surface area contributed by atoms with Crippen molar-refractivity contribution < 1.29 is 13.6 Å². The maximum absolute atomic E-state index is 13.4. The van der Waals surface area contributed by atoms with E-state index in [1.54, 1.807) is 18.2 Å². The summed E-state index contributed by atoms with van der Waals surface area (Å²) in [6.07, 6.45) is 0.282. The standard InChI is InChI=1S/C15H16F2N2O/c1-8(6-9(2)20)14-13-10(11-7-15(11,16)17)4-3-5-12(13)18-19-14/h3-5,8,11H,6-7H2,1-2H3,(H,18,19). The largest absolute Gasteiger partial charge is 0.300 e. The van der Waals surface area contributed by atoms with Crippen LogP contribution in [0.1, 0.15) is 49.8 Å². The van der Waals surface area contributed by atoms with Crippen molar-refractivity contribution in [1.29, 1.82) is 0 Å². The highest BCUT2D eigenvalue weighted by atomic mass is 19.3. The summed E-state index contributed by atoms with van der Waals surface area (Å²) in [5, 5.41) is 7.87. The number of ketones is 1. The lowest BCUT2D eigenvalue weighted by atomic mass is 9.94. The number of carbonyl (C=O) groups is 1. The average molecular weight is 278 g/mol.